The number of fused-ring (bicyclic) bond motifs is 3. The number of nitrogens with zero attached hydrogens (tertiary/aromatic N) is 2. The van der Waals surface area contributed by atoms with Crippen LogP contribution in [0.15, 0.2) is 71.2 Å². The maximum Gasteiger partial charge on any atom is 0.231 e. The van der Waals surface area contributed by atoms with Crippen molar-refractivity contribution in [3.05, 3.63) is 93.4 Å². The first-order valence-electron chi connectivity index (χ1n) is 9.28. The van der Waals surface area contributed by atoms with E-state index in [4.69, 9.17) is 9.47 Å². The Morgan fingerprint density at radius 1 is 1.10 bits per heavy atom. The molecule has 29 heavy (non-hydrogen) atoms. The second-order valence-electron chi connectivity index (χ2n) is 7.00. The second kappa shape index (κ2) is 7.46. The van der Waals surface area contributed by atoms with Crippen molar-refractivity contribution in [3.8, 4) is 11.5 Å². The predicted octanol–water partition coefficient (Wildman–Crippen LogP) is 4.81. The molecule has 0 radical (unpaired) electrons. The summed E-state index contributed by atoms with van der Waals surface area (Å²) in [5, 5.41) is 0. The molecule has 2 aliphatic rings. The summed E-state index contributed by atoms with van der Waals surface area (Å²) in [5.74, 6) is 1.59. The summed E-state index contributed by atoms with van der Waals surface area (Å²) < 4.78 is 12.9. The summed E-state index contributed by atoms with van der Waals surface area (Å²) in [6.45, 7) is 1.87. The number of hydrogen-bond donors (Lipinski definition) is 0. The van der Waals surface area contributed by atoms with Crippen LogP contribution < -0.4 is 9.47 Å². The molecule has 0 N–H and O–H groups in total. The highest BCUT2D eigenvalue weighted by molar-refractivity contribution is 9.10. The second-order valence-corrected chi connectivity index (χ2v) is 7.85. The Balaban J connectivity index is 1.45. The van der Waals surface area contributed by atoms with Gasteiger partial charge in [-0.25, -0.2) is 0 Å². The van der Waals surface area contributed by atoms with Gasteiger partial charge in [-0.3, -0.25) is 14.7 Å². The third-order valence-corrected chi connectivity index (χ3v) is 5.75. The number of rotatable bonds is 3. The zero-order valence-electron chi connectivity index (χ0n) is 15.5. The van der Waals surface area contributed by atoms with Crippen LogP contribution in [0, 0.1) is 0 Å². The standard InChI is InChI=1S/C23H17BrN2O3/c24-19-4-2-1-3-16(19)11-21-22(27)17-5-6-20-18(23(17)29-21)13-26(14-28-20)12-15-7-9-25-10-8-15/h1-11H,12-14H2. The van der Waals surface area contributed by atoms with E-state index in [1.807, 2.05) is 42.5 Å². The van der Waals surface area contributed by atoms with Gasteiger partial charge in [0.25, 0.3) is 0 Å². The maximum atomic E-state index is 12.9. The number of ether oxygens (including phenoxy) is 2. The molecular formula is C23H17BrN2O3. The fraction of sp³-hybridized carbons (Fsp3) is 0.130. The molecule has 0 fully saturated rings. The number of Topliss-reactive ketones (excluding diaryl/α,β-unsaturated/α-hetero) is 1. The molecule has 0 saturated heterocycles. The lowest BCUT2D eigenvalue weighted by molar-refractivity contribution is 0.0872. The molecule has 0 amide bonds. The van der Waals surface area contributed by atoms with Crippen molar-refractivity contribution in [1.29, 1.82) is 0 Å². The van der Waals surface area contributed by atoms with Gasteiger partial charge in [0.1, 0.15) is 18.2 Å². The lowest BCUT2D eigenvalue weighted by Crippen LogP contribution is -2.31. The fourth-order valence-electron chi connectivity index (χ4n) is 3.59. The Morgan fingerprint density at radius 2 is 1.93 bits per heavy atom. The van der Waals surface area contributed by atoms with Crippen LogP contribution in [0.25, 0.3) is 6.08 Å². The van der Waals surface area contributed by atoms with Gasteiger partial charge in [-0.05, 0) is 47.5 Å². The molecule has 0 saturated carbocycles. The van der Waals surface area contributed by atoms with Crippen LogP contribution in [0.5, 0.6) is 11.5 Å². The number of allylic oxidation sites excluding steroid dienone is 1. The number of ketones is 1. The summed E-state index contributed by atoms with van der Waals surface area (Å²) in [6, 6.07) is 15.4. The summed E-state index contributed by atoms with van der Waals surface area (Å²) in [4.78, 5) is 19.1. The van der Waals surface area contributed by atoms with Crippen molar-refractivity contribution >= 4 is 27.8 Å². The molecular weight excluding hydrogens is 432 g/mol. The topological polar surface area (TPSA) is 51.7 Å². The number of aromatic nitrogens is 1. The molecule has 0 unspecified atom stereocenters. The number of hydrogen-bond acceptors (Lipinski definition) is 5. The van der Waals surface area contributed by atoms with E-state index >= 15 is 0 Å². The van der Waals surface area contributed by atoms with Gasteiger partial charge < -0.3 is 9.47 Å². The van der Waals surface area contributed by atoms with Crippen LogP contribution in [0.2, 0.25) is 0 Å². The van der Waals surface area contributed by atoms with Crippen molar-refractivity contribution < 1.29 is 14.3 Å². The predicted molar refractivity (Wildman–Crippen MR) is 112 cm³/mol. The van der Waals surface area contributed by atoms with E-state index in [-0.39, 0.29) is 5.78 Å². The van der Waals surface area contributed by atoms with E-state index in [0.717, 1.165) is 33.5 Å². The summed E-state index contributed by atoms with van der Waals surface area (Å²) in [5.41, 5.74) is 3.54. The third-order valence-electron chi connectivity index (χ3n) is 5.03. The normalized spacial score (nSPS) is 16.9. The van der Waals surface area contributed by atoms with Crippen molar-refractivity contribution in [2.45, 2.75) is 13.1 Å². The third kappa shape index (κ3) is 3.45. The van der Waals surface area contributed by atoms with Crippen LogP contribution in [0.3, 0.4) is 0 Å². The van der Waals surface area contributed by atoms with E-state index < -0.39 is 0 Å². The number of halogens is 1. The van der Waals surface area contributed by atoms with Gasteiger partial charge in [0.15, 0.2) is 5.76 Å². The lowest BCUT2D eigenvalue weighted by Gasteiger charge is -2.29. The van der Waals surface area contributed by atoms with Gasteiger partial charge in [-0.1, -0.05) is 34.1 Å². The highest BCUT2D eigenvalue weighted by atomic mass is 79.9. The molecule has 0 aliphatic carbocycles. The summed E-state index contributed by atoms with van der Waals surface area (Å²) >= 11 is 3.52. The van der Waals surface area contributed by atoms with Crippen LogP contribution in [0.1, 0.15) is 27.0 Å². The first kappa shape index (κ1) is 18.1. The van der Waals surface area contributed by atoms with Crippen LogP contribution in [-0.2, 0) is 13.1 Å². The zero-order chi connectivity index (χ0) is 19.8. The average Bonchev–Trinajstić information content (AvgIpc) is 3.06. The van der Waals surface area contributed by atoms with E-state index in [2.05, 4.69) is 25.8 Å². The summed E-state index contributed by atoms with van der Waals surface area (Å²) in [6.07, 6.45) is 5.34. The minimum Gasteiger partial charge on any atom is -0.478 e. The van der Waals surface area contributed by atoms with E-state index in [1.165, 1.54) is 0 Å². The van der Waals surface area contributed by atoms with E-state index in [9.17, 15) is 4.79 Å². The molecule has 2 aromatic carbocycles. The van der Waals surface area contributed by atoms with Gasteiger partial charge >= 0.3 is 0 Å². The zero-order valence-corrected chi connectivity index (χ0v) is 17.1. The Morgan fingerprint density at radius 3 is 2.76 bits per heavy atom. The van der Waals surface area contributed by atoms with Crippen LogP contribution in [-0.4, -0.2) is 22.4 Å². The molecule has 5 rings (SSSR count). The molecule has 144 valence electrons. The highest BCUT2D eigenvalue weighted by Crippen LogP contribution is 2.42. The van der Waals surface area contributed by atoms with E-state index in [1.54, 1.807) is 24.5 Å². The van der Waals surface area contributed by atoms with Crippen molar-refractivity contribution in [2.24, 2.45) is 0 Å². The molecule has 0 bridgehead atoms. The smallest absolute Gasteiger partial charge is 0.231 e. The molecule has 0 spiro atoms. The fourth-order valence-corrected chi connectivity index (χ4v) is 3.98. The molecule has 3 heterocycles. The maximum absolute atomic E-state index is 12.9. The Bertz CT molecular complexity index is 1130. The van der Waals surface area contributed by atoms with Crippen molar-refractivity contribution in [1.82, 2.24) is 9.88 Å². The van der Waals surface area contributed by atoms with Gasteiger partial charge in [0.05, 0.1) is 11.1 Å². The molecule has 6 heteroatoms. The monoisotopic (exact) mass is 448 g/mol. The van der Waals surface area contributed by atoms with Gasteiger partial charge in [0, 0.05) is 30.0 Å². The molecule has 0 atom stereocenters. The SMILES string of the molecule is O=C1C(=Cc2ccccc2Br)Oc2c1ccc1c2CN(Cc2ccncc2)CO1. The minimum atomic E-state index is -0.107. The molecule has 3 aromatic rings. The van der Waals surface area contributed by atoms with Crippen LogP contribution >= 0.6 is 15.9 Å². The average molecular weight is 449 g/mol. The minimum absolute atomic E-state index is 0.107. The first-order valence-corrected chi connectivity index (χ1v) is 10.1. The Hall–Kier alpha value is -2.96. The Labute approximate surface area is 176 Å². The summed E-state index contributed by atoms with van der Waals surface area (Å²) in [7, 11) is 0. The van der Waals surface area contributed by atoms with E-state index in [0.29, 0.717) is 30.3 Å². The number of carbonyl (C=O) groups excluding carboxylic acids is 1. The molecule has 1 aromatic heterocycles. The lowest BCUT2D eigenvalue weighted by atomic mass is 10.0. The highest BCUT2D eigenvalue weighted by Gasteiger charge is 2.33. The number of pyridine rings is 1. The van der Waals surface area contributed by atoms with Gasteiger partial charge in [0.2, 0.25) is 5.78 Å². The number of carbonyl (C=O) groups is 1. The number of benzene rings is 2. The van der Waals surface area contributed by atoms with Crippen molar-refractivity contribution in [2.75, 3.05) is 6.73 Å². The van der Waals surface area contributed by atoms with Gasteiger partial charge in [-0.2, -0.15) is 0 Å². The largest absolute Gasteiger partial charge is 0.478 e. The molecule has 5 nitrogen and oxygen atoms in total. The van der Waals surface area contributed by atoms with Crippen LogP contribution in [0.4, 0.5) is 0 Å². The quantitative estimate of drug-likeness (QED) is 0.538. The van der Waals surface area contributed by atoms with Gasteiger partial charge in [-0.15, -0.1) is 0 Å². The first-order chi connectivity index (χ1) is 14.2. The van der Waals surface area contributed by atoms with Crippen molar-refractivity contribution in [3.63, 3.8) is 0 Å². The Kier molecular flexibility index (Phi) is 4.66. The molecule has 2 aliphatic heterocycles.